The Morgan fingerprint density at radius 1 is 1.24 bits per heavy atom. The molecule has 0 unspecified atom stereocenters. The van der Waals surface area contributed by atoms with E-state index in [1.165, 1.54) is 24.4 Å². The van der Waals surface area contributed by atoms with E-state index < -0.39 is 0 Å². The Morgan fingerprint density at radius 2 is 1.96 bits per heavy atom. The van der Waals surface area contributed by atoms with Gasteiger partial charge in [-0.25, -0.2) is 0 Å². The monoisotopic (exact) mass is 377 g/mol. The molecule has 1 aliphatic rings. The molecule has 2 rings (SSSR count). The number of thioether (sulfide) groups is 1. The number of aryl methyl sites for hydroxylation is 1. The summed E-state index contributed by atoms with van der Waals surface area (Å²) in [4.78, 5) is 25.9. The van der Waals surface area contributed by atoms with Crippen LogP contribution in [-0.2, 0) is 20.7 Å². The Balaban J connectivity index is 1.88. The summed E-state index contributed by atoms with van der Waals surface area (Å²) in [6, 6.07) is 8.21. The summed E-state index contributed by atoms with van der Waals surface area (Å²) in [6.45, 7) is 2.71. The zero-order valence-corrected chi connectivity index (χ0v) is 16.3. The summed E-state index contributed by atoms with van der Waals surface area (Å²) in [5, 5.41) is 0. The predicted octanol–water partition coefficient (Wildman–Crippen LogP) is 4.18. The third kappa shape index (κ3) is 5.68. The Hall–Kier alpha value is -1.66. The smallest absolute Gasteiger partial charge is 0.305 e. The van der Waals surface area contributed by atoms with E-state index in [2.05, 4.69) is 23.8 Å². The number of benzene rings is 1. The minimum absolute atomic E-state index is 0.0254. The maximum absolute atomic E-state index is 12.5. The Kier molecular flexibility index (Phi) is 7.65. The summed E-state index contributed by atoms with van der Waals surface area (Å²) in [5.41, 5.74) is 2.28. The number of methoxy groups -OCH3 is 1. The number of rotatable bonds is 8. The second-order valence-corrected chi connectivity index (χ2v) is 7.49. The zero-order valence-electron chi connectivity index (χ0n) is 14.6. The molecule has 1 aliphatic heterocycles. The first-order valence-electron chi connectivity index (χ1n) is 8.46. The summed E-state index contributed by atoms with van der Waals surface area (Å²) >= 11 is 6.70. The fraction of sp³-hybridized carbons (Fsp3) is 0.421. The highest BCUT2D eigenvalue weighted by molar-refractivity contribution is 8.26. The molecule has 1 fully saturated rings. The molecular weight excluding hydrogens is 354 g/mol. The molecule has 0 aromatic heterocycles. The van der Waals surface area contributed by atoms with Crippen LogP contribution in [0.5, 0.6) is 0 Å². The van der Waals surface area contributed by atoms with Crippen LogP contribution in [0.2, 0.25) is 0 Å². The fourth-order valence-corrected chi connectivity index (χ4v) is 3.82. The Labute approximate surface area is 158 Å². The van der Waals surface area contributed by atoms with Gasteiger partial charge in [0.25, 0.3) is 5.91 Å². The van der Waals surface area contributed by atoms with Crippen molar-refractivity contribution in [3.63, 3.8) is 0 Å². The van der Waals surface area contributed by atoms with E-state index in [9.17, 15) is 9.59 Å². The van der Waals surface area contributed by atoms with Crippen LogP contribution >= 0.6 is 24.0 Å². The van der Waals surface area contributed by atoms with E-state index in [0.29, 0.717) is 22.2 Å². The van der Waals surface area contributed by atoms with E-state index in [-0.39, 0.29) is 11.9 Å². The minimum atomic E-state index is -0.192. The maximum Gasteiger partial charge on any atom is 0.305 e. The molecule has 134 valence electrons. The highest BCUT2D eigenvalue weighted by Crippen LogP contribution is 2.32. The van der Waals surface area contributed by atoms with Crippen molar-refractivity contribution in [1.29, 1.82) is 0 Å². The maximum atomic E-state index is 12.5. The molecule has 0 saturated carbocycles. The number of ether oxygens (including phenoxy) is 1. The van der Waals surface area contributed by atoms with Crippen molar-refractivity contribution < 1.29 is 14.3 Å². The highest BCUT2D eigenvalue weighted by atomic mass is 32.2. The Morgan fingerprint density at radius 3 is 2.60 bits per heavy atom. The van der Waals surface area contributed by atoms with Gasteiger partial charge in [0.05, 0.1) is 12.0 Å². The van der Waals surface area contributed by atoms with Gasteiger partial charge in [-0.1, -0.05) is 61.6 Å². The van der Waals surface area contributed by atoms with Crippen LogP contribution in [0.3, 0.4) is 0 Å². The largest absolute Gasteiger partial charge is 0.469 e. The van der Waals surface area contributed by atoms with Crippen molar-refractivity contribution in [2.24, 2.45) is 0 Å². The van der Waals surface area contributed by atoms with Crippen LogP contribution in [0.1, 0.15) is 43.7 Å². The third-order valence-corrected chi connectivity index (χ3v) is 5.43. The molecule has 0 atom stereocenters. The number of amides is 1. The molecule has 0 radical (unpaired) electrons. The number of carbonyl (C=O) groups excluding carboxylic acids is 2. The number of unbranched alkanes of at least 4 members (excludes halogenated alkanes) is 2. The van der Waals surface area contributed by atoms with Gasteiger partial charge < -0.3 is 4.74 Å². The van der Waals surface area contributed by atoms with E-state index in [4.69, 9.17) is 12.2 Å². The van der Waals surface area contributed by atoms with E-state index in [1.54, 1.807) is 4.90 Å². The van der Waals surface area contributed by atoms with E-state index >= 15 is 0 Å². The van der Waals surface area contributed by atoms with Gasteiger partial charge in [-0.2, -0.15) is 0 Å². The van der Waals surface area contributed by atoms with E-state index in [1.807, 2.05) is 18.2 Å². The minimum Gasteiger partial charge on any atom is -0.469 e. The lowest BCUT2D eigenvalue weighted by Crippen LogP contribution is -2.29. The number of nitrogens with zero attached hydrogens (tertiary/aromatic N) is 1. The lowest BCUT2D eigenvalue weighted by molar-refractivity contribution is -0.140. The van der Waals surface area contributed by atoms with Crippen molar-refractivity contribution in [3.05, 3.63) is 40.3 Å². The molecule has 1 heterocycles. The topological polar surface area (TPSA) is 46.6 Å². The SMILES string of the molecule is CCc1ccc(/C=C2/SC(=S)N(CCCCCC(=O)OC)C2=O)cc1. The van der Waals surface area contributed by atoms with Crippen LogP contribution < -0.4 is 0 Å². The van der Waals surface area contributed by atoms with Crippen LogP contribution in [-0.4, -0.2) is 34.8 Å². The number of hydrogen-bond acceptors (Lipinski definition) is 5. The average molecular weight is 378 g/mol. The van der Waals surface area contributed by atoms with Crippen molar-refractivity contribution in [1.82, 2.24) is 4.90 Å². The molecule has 0 bridgehead atoms. The average Bonchev–Trinajstić information content (AvgIpc) is 2.89. The van der Waals surface area contributed by atoms with Gasteiger partial charge >= 0.3 is 5.97 Å². The molecular formula is C19H23NO3S2. The van der Waals surface area contributed by atoms with Crippen LogP contribution in [0, 0.1) is 0 Å². The van der Waals surface area contributed by atoms with Crippen LogP contribution in [0.15, 0.2) is 29.2 Å². The summed E-state index contributed by atoms with van der Waals surface area (Å²) < 4.78 is 5.22. The number of carbonyl (C=O) groups is 2. The van der Waals surface area contributed by atoms with Crippen molar-refractivity contribution in [2.75, 3.05) is 13.7 Å². The van der Waals surface area contributed by atoms with Gasteiger partial charge in [0.1, 0.15) is 4.32 Å². The summed E-state index contributed by atoms with van der Waals surface area (Å²) in [7, 11) is 1.39. The second kappa shape index (κ2) is 9.73. The molecule has 0 aliphatic carbocycles. The lowest BCUT2D eigenvalue weighted by atomic mass is 10.1. The second-order valence-electron chi connectivity index (χ2n) is 5.82. The molecule has 1 amide bonds. The molecule has 0 spiro atoms. The van der Waals surface area contributed by atoms with Crippen LogP contribution in [0.25, 0.3) is 6.08 Å². The predicted molar refractivity (Wildman–Crippen MR) is 106 cm³/mol. The van der Waals surface area contributed by atoms with Crippen LogP contribution in [0.4, 0.5) is 0 Å². The summed E-state index contributed by atoms with van der Waals surface area (Å²) in [5.74, 6) is -0.217. The number of thiocarbonyl (C=S) groups is 1. The van der Waals surface area contributed by atoms with Gasteiger partial charge in [-0.05, 0) is 36.5 Å². The first-order chi connectivity index (χ1) is 12.0. The third-order valence-electron chi connectivity index (χ3n) is 4.05. The lowest BCUT2D eigenvalue weighted by Gasteiger charge is -2.13. The fourth-order valence-electron chi connectivity index (χ4n) is 2.51. The first kappa shape index (κ1) is 19.7. The Bertz CT molecular complexity index is 668. The summed E-state index contributed by atoms with van der Waals surface area (Å²) in [6.07, 6.45) is 5.77. The highest BCUT2D eigenvalue weighted by Gasteiger charge is 2.31. The van der Waals surface area contributed by atoms with Crippen molar-refractivity contribution in [2.45, 2.75) is 39.0 Å². The first-order valence-corrected chi connectivity index (χ1v) is 9.68. The van der Waals surface area contributed by atoms with Gasteiger partial charge in [0, 0.05) is 13.0 Å². The number of esters is 1. The molecule has 0 N–H and O–H groups in total. The van der Waals surface area contributed by atoms with Gasteiger partial charge in [0.15, 0.2) is 0 Å². The molecule has 6 heteroatoms. The molecule has 1 saturated heterocycles. The molecule has 25 heavy (non-hydrogen) atoms. The normalized spacial score (nSPS) is 15.9. The van der Waals surface area contributed by atoms with Gasteiger partial charge in [0.2, 0.25) is 0 Å². The molecule has 4 nitrogen and oxygen atoms in total. The van der Waals surface area contributed by atoms with Gasteiger partial charge in [-0.15, -0.1) is 0 Å². The quantitative estimate of drug-likeness (QED) is 0.294. The standard InChI is InChI=1S/C19H23NO3S2/c1-3-14-8-10-15(11-9-14)13-16-18(22)20(19(24)25-16)12-6-4-5-7-17(21)23-2/h8-11,13H,3-7,12H2,1-2H3/b16-13+. The molecule has 1 aromatic carbocycles. The van der Waals surface area contributed by atoms with Crippen molar-refractivity contribution in [3.8, 4) is 0 Å². The molecule has 1 aromatic rings. The van der Waals surface area contributed by atoms with E-state index in [0.717, 1.165) is 31.2 Å². The van der Waals surface area contributed by atoms with Gasteiger partial charge in [-0.3, -0.25) is 14.5 Å². The zero-order chi connectivity index (χ0) is 18.2. The number of hydrogen-bond donors (Lipinski definition) is 0. The van der Waals surface area contributed by atoms with Crippen molar-refractivity contribution >= 4 is 46.3 Å².